The van der Waals surface area contributed by atoms with Gasteiger partial charge in [0, 0.05) is 42.4 Å². The molecule has 0 bridgehead atoms. The highest BCUT2D eigenvalue weighted by atomic mass is 32.1. The van der Waals surface area contributed by atoms with Gasteiger partial charge in [-0.15, -0.1) is 11.3 Å². The fourth-order valence-electron chi connectivity index (χ4n) is 3.29. The van der Waals surface area contributed by atoms with E-state index in [2.05, 4.69) is 25.9 Å². The second-order valence-corrected chi connectivity index (χ2v) is 8.12. The van der Waals surface area contributed by atoms with Crippen molar-refractivity contribution in [1.29, 1.82) is 0 Å². The second kappa shape index (κ2) is 7.30. The van der Waals surface area contributed by atoms with Crippen LogP contribution < -0.4 is 0 Å². The lowest BCUT2D eigenvalue weighted by atomic mass is 10.1. The number of amides is 1. The highest BCUT2D eigenvalue weighted by Crippen LogP contribution is 2.34. The molecule has 1 aliphatic heterocycles. The standard InChI is InChI=1S/C19H27N3O2S/c1-12(2)22(11-15-13(3)20-21(5)14(15)4)19(23)18-9-8-17(25-18)16-7-6-10-24-16/h8-9,12,16H,6-7,10-11H2,1-5H3. The summed E-state index contributed by atoms with van der Waals surface area (Å²) in [6, 6.07) is 4.12. The van der Waals surface area contributed by atoms with E-state index in [0.717, 1.165) is 41.3 Å². The van der Waals surface area contributed by atoms with Crippen molar-refractivity contribution in [1.82, 2.24) is 14.7 Å². The number of carbonyl (C=O) groups excluding carboxylic acids is 1. The van der Waals surface area contributed by atoms with Gasteiger partial charge in [0.15, 0.2) is 0 Å². The highest BCUT2D eigenvalue weighted by Gasteiger charge is 2.25. The van der Waals surface area contributed by atoms with Gasteiger partial charge >= 0.3 is 0 Å². The van der Waals surface area contributed by atoms with Gasteiger partial charge in [-0.25, -0.2) is 0 Å². The van der Waals surface area contributed by atoms with Gasteiger partial charge in [-0.1, -0.05) is 0 Å². The zero-order valence-electron chi connectivity index (χ0n) is 15.7. The van der Waals surface area contributed by atoms with Gasteiger partial charge in [0.05, 0.1) is 16.7 Å². The molecule has 0 radical (unpaired) electrons. The average molecular weight is 362 g/mol. The monoisotopic (exact) mass is 361 g/mol. The molecule has 3 heterocycles. The van der Waals surface area contributed by atoms with Crippen molar-refractivity contribution < 1.29 is 9.53 Å². The first kappa shape index (κ1) is 18.1. The predicted molar refractivity (Wildman–Crippen MR) is 99.9 cm³/mol. The van der Waals surface area contributed by atoms with Crippen molar-refractivity contribution in [3.63, 3.8) is 0 Å². The molecule has 0 saturated carbocycles. The SMILES string of the molecule is Cc1nn(C)c(C)c1CN(C(=O)c1ccc(C2CCCO2)s1)C(C)C. The number of thiophene rings is 1. The van der Waals surface area contributed by atoms with E-state index < -0.39 is 0 Å². The third-order valence-corrected chi connectivity index (χ3v) is 6.12. The topological polar surface area (TPSA) is 47.4 Å². The molecule has 3 rings (SSSR count). The molecule has 1 atom stereocenters. The van der Waals surface area contributed by atoms with E-state index in [4.69, 9.17) is 4.74 Å². The molecular weight excluding hydrogens is 334 g/mol. The summed E-state index contributed by atoms with van der Waals surface area (Å²) in [7, 11) is 1.94. The quantitative estimate of drug-likeness (QED) is 0.809. The van der Waals surface area contributed by atoms with Crippen LogP contribution in [0.15, 0.2) is 12.1 Å². The molecule has 1 amide bonds. The molecule has 1 unspecified atom stereocenters. The molecule has 1 fully saturated rings. The number of nitrogens with zero attached hydrogens (tertiary/aromatic N) is 3. The maximum absolute atomic E-state index is 13.1. The number of carbonyl (C=O) groups is 1. The molecule has 25 heavy (non-hydrogen) atoms. The van der Waals surface area contributed by atoms with Crippen molar-refractivity contribution in [3.05, 3.63) is 38.8 Å². The van der Waals surface area contributed by atoms with Gasteiger partial charge in [0.1, 0.15) is 0 Å². The lowest BCUT2D eigenvalue weighted by molar-refractivity contribution is 0.0695. The lowest BCUT2D eigenvalue weighted by Gasteiger charge is -2.26. The normalized spacial score (nSPS) is 17.4. The van der Waals surface area contributed by atoms with Crippen LogP contribution in [0.5, 0.6) is 0 Å². The Bertz CT molecular complexity index is 757. The number of hydrogen-bond donors (Lipinski definition) is 0. The van der Waals surface area contributed by atoms with E-state index in [1.807, 2.05) is 35.7 Å². The predicted octanol–water partition coefficient (Wildman–Crippen LogP) is 4.00. The first-order valence-electron chi connectivity index (χ1n) is 8.90. The summed E-state index contributed by atoms with van der Waals surface area (Å²) in [5, 5.41) is 4.48. The number of aromatic nitrogens is 2. The molecule has 136 valence electrons. The van der Waals surface area contributed by atoms with Crippen LogP contribution in [0.2, 0.25) is 0 Å². The lowest BCUT2D eigenvalue weighted by Crippen LogP contribution is -2.36. The Hall–Kier alpha value is -1.66. The van der Waals surface area contributed by atoms with E-state index in [-0.39, 0.29) is 18.1 Å². The average Bonchev–Trinajstić information content (AvgIpc) is 3.28. The van der Waals surface area contributed by atoms with Crippen LogP contribution in [0, 0.1) is 13.8 Å². The summed E-state index contributed by atoms with van der Waals surface area (Å²) in [4.78, 5) is 17.0. The third-order valence-electron chi connectivity index (χ3n) is 4.96. The van der Waals surface area contributed by atoms with Gasteiger partial charge in [-0.05, 0) is 52.7 Å². The first-order chi connectivity index (χ1) is 11.9. The van der Waals surface area contributed by atoms with Gasteiger partial charge in [0.2, 0.25) is 0 Å². The van der Waals surface area contributed by atoms with Crippen LogP contribution in [-0.2, 0) is 18.3 Å². The Morgan fingerprint density at radius 3 is 2.76 bits per heavy atom. The van der Waals surface area contributed by atoms with Crippen molar-refractivity contribution in [2.24, 2.45) is 7.05 Å². The minimum atomic E-state index is 0.0897. The minimum Gasteiger partial charge on any atom is -0.373 e. The molecule has 0 spiro atoms. The molecule has 1 aliphatic rings. The second-order valence-electron chi connectivity index (χ2n) is 7.00. The van der Waals surface area contributed by atoms with E-state index in [1.165, 1.54) is 4.88 Å². The largest absolute Gasteiger partial charge is 0.373 e. The Balaban J connectivity index is 1.81. The summed E-state index contributed by atoms with van der Waals surface area (Å²) in [5.74, 6) is 0.0897. The number of rotatable bonds is 5. The van der Waals surface area contributed by atoms with Crippen LogP contribution >= 0.6 is 11.3 Å². The molecular formula is C19H27N3O2S. The maximum Gasteiger partial charge on any atom is 0.264 e. The van der Waals surface area contributed by atoms with Crippen molar-refractivity contribution in [3.8, 4) is 0 Å². The third kappa shape index (κ3) is 3.65. The van der Waals surface area contributed by atoms with Crippen LogP contribution in [0.1, 0.15) is 64.3 Å². The Kier molecular flexibility index (Phi) is 5.29. The molecule has 2 aromatic rings. The summed E-state index contributed by atoms with van der Waals surface area (Å²) in [6.45, 7) is 9.60. The molecule has 6 heteroatoms. The number of aryl methyl sites for hydroxylation is 2. The Morgan fingerprint density at radius 1 is 1.44 bits per heavy atom. The van der Waals surface area contributed by atoms with Gasteiger partial charge in [-0.2, -0.15) is 5.10 Å². The van der Waals surface area contributed by atoms with Gasteiger partial charge in [-0.3, -0.25) is 9.48 Å². The zero-order chi connectivity index (χ0) is 18.1. The minimum absolute atomic E-state index is 0.0897. The molecule has 2 aromatic heterocycles. The fraction of sp³-hybridized carbons (Fsp3) is 0.579. The molecule has 1 saturated heterocycles. The molecule has 0 N–H and O–H groups in total. The first-order valence-corrected chi connectivity index (χ1v) is 9.71. The number of hydrogen-bond acceptors (Lipinski definition) is 4. The Morgan fingerprint density at radius 2 is 2.20 bits per heavy atom. The highest BCUT2D eigenvalue weighted by molar-refractivity contribution is 7.14. The molecule has 0 aromatic carbocycles. The van der Waals surface area contributed by atoms with E-state index in [0.29, 0.717) is 6.54 Å². The summed E-state index contributed by atoms with van der Waals surface area (Å²) in [6.07, 6.45) is 2.32. The molecule has 0 aliphatic carbocycles. The van der Waals surface area contributed by atoms with E-state index >= 15 is 0 Å². The van der Waals surface area contributed by atoms with Crippen LogP contribution in [0.3, 0.4) is 0 Å². The fourth-order valence-corrected chi connectivity index (χ4v) is 4.34. The molecule has 5 nitrogen and oxygen atoms in total. The Labute approximate surface area is 153 Å². The summed E-state index contributed by atoms with van der Waals surface area (Å²) < 4.78 is 7.63. The number of ether oxygens (including phenoxy) is 1. The van der Waals surface area contributed by atoms with Crippen molar-refractivity contribution in [2.45, 2.75) is 59.2 Å². The van der Waals surface area contributed by atoms with E-state index in [9.17, 15) is 4.79 Å². The zero-order valence-corrected chi connectivity index (χ0v) is 16.5. The van der Waals surface area contributed by atoms with Crippen LogP contribution in [0.25, 0.3) is 0 Å². The summed E-state index contributed by atoms with van der Waals surface area (Å²) >= 11 is 1.57. The van der Waals surface area contributed by atoms with Crippen LogP contribution in [0.4, 0.5) is 0 Å². The maximum atomic E-state index is 13.1. The van der Waals surface area contributed by atoms with Gasteiger partial charge in [0.25, 0.3) is 5.91 Å². The smallest absolute Gasteiger partial charge is 0.264 e. The van der Waals surface area contributed by atoms with Crippen molar-refractivity contribution >= 4 is 17.2 Å². The van der Waals surface area contributed by atoms with Gasteiger partial charge < -0.3 is 9.64 Å². The summed E-state index contributed by atoms with van der Waals surface area (Å²) in [5.41, 5.74) is 3.24. The van der Waals surface area contributed by atoms with Crippen molar-refractivity contribution in [2.75, 3.05) is 6.61 Å². The van der Waals surface area contributed by atoms with Crippen LogP contribution in [-0.4, -0.2) is 33.2 Å². The van der Waals surface area contributed by atoms with E-state index in [1.54, 1.807) is 11.3 Å².